The van der Waals surface area contributed by atoms with E-state index in [0.717, 1.165) is 25.2 Å². The molecule has 0 amide bonds. The summed E-state index contributed by atoms with van der Waals surface area (Å²) in [6.45, 7) is 4.18. The number of halogens is 1. The zero-order valence-corrected chi connectivity index (χ0v) is 12.8. The average Bonchev–Trinajstić information content (AvgIpc) is 2.74. The van der Waals surface area contributed by atoms with Crippen molar-refractivity contribution >= 4 is 38.6 Å². The molecule has 0 aliphatic carbocycles. The molecule has 96 valence electrons. The zero-order valence-electron chi connectivity index (χ0n) is 10.4. The van der Waals surface area contributed by atoms with E-state index in [4.69, 9.17) is 5.73 Å². The topological polar surface area (TPSA) is 29.3 Å². The van der Waals surface area contributed by atoms with Gasteiger partial charge in [-0.05, 0) is 52.7 Å². The summed E-state index contributed by atoms with van der Waals surface area (Å²) in [6, 6.07) is 12.4. The molecule has 0 bridgehead atoms. The van der Waals surface area contributed by atoms with Crippen LogP contribution in [0.3, 0.4) is 0 Å². The van der Waals surface area contributed by atoms with Crippen molar-refractivity contribution in [2.75, 3.05) is 17.2 Å². The molecule has 18 heavy (non-hydrogen) atoms. The van der Waals surface area contributed by atoms with Gasteiger partial charge in [-0.25, -0.2) is 0 Å². The minimum absolute atomic E-state index is 0.820. The van der Waals surface area contributed by atoms with Crippen LogP contribution in [0.1, 0.15) is 18.2 Å². The highest BCUT2D eigenvalue weighted by atomic mass is 79.9. The van der Waals surface area contributed by atoms with E-state index >= 15 is 0 Å². The van der Waals surface area contributed by atoms with Gasteiger partial charge < -0.3 is 10.6 Å². The van der Waals surface area contributed by atoms with Crippen molar-refractivity contribution in [3.63, 3.8) is 0 Å². The molecule has 1 aromatic heterocycles. The predicted octanol–water partition coefficient (Wildman–Crippen LogP) is 4.51. The summed E-state index contributed by atoms with van der Waals surface area (Å²) in [5, 5.41) is 0. The fraction of sp³-hybridized carbons (Fsp3) is 0.286. The molecule has 4 heteroatoms. The number of hydrogen-bond acceptors (Lipinski definition) is 3. The normalized spacial score (nSPS) is 10.6. The maximum Gasteiger partial charge on any atom is 0.0702 e. The minimum atomic E-state index is 0.820. The Bertz CT molecular complexity index is 510. The lowest BCUT2D eigenvalue weighted by molar-refractivity contribution is 0.774. The van der Waals surface area contributed by atoms with Crippen LogP contribution >= 0.6 is 27.3 Å². The zero-order chi connectivity index (χ0) is 13.0. The van der Waals surface area contributed by atoms with E-state index in [9.17, 15) is 0 Å². The van der Waals surface area contributed by atoms with Crippen LogP contribution in [-0.2, 0) is 6.54 Å². The fourth-order valence-corrected chi connectivity index (χ4v) is 3.41. The summed E-state index contributed by atoms with van der Waals surface area (Å²) in [7, 11) is 0. The molecule has 0 saturated heterocycles. The van der Waals surface area contributed by atoms with Gasteiger partial charge in [0.15, 0.2) is 0 Å². The maximum atomic E-state index is 5.86. The summed E-state index contributed by atoms with van der Waals surface area (Å²) in [4.78, 5) is 3.73. The first-order valence-electron chi connectivity index (χ1n) is 6.03. The first-order chi connectivity index (χ1) is 8.69. The molecule has 0 aliphatic heterocycles. The first-order valence-corrected chi connectivity index (χ1v) is 7.64. The minimum Gasteiger partial charge on any atom is -0.399 e. The lowest BCUT2D eigenvalue weighted by Gasteiger charge is -2.24. The number of nitrogens with zero attached hydrogens (tertiary/aromatic N) is 1. The molecule has 0 unspecified atom stereocenters. The molecule has 0 spiro atoms. The Balaban J connectivity index is 2.17. The number of thiophene rings is 1. The molecule has 0 radical (unpaired) electrons. The fourth-order valence-electron chi connectivity index (χ4n) is 1.92. The molecular weight excluding hydrogens is 308 g/mol. The smallest absolute Gasteiger partial charge is 0.0702 e. The highest BCUT2D eigenvalue weighted by molar-refractivity contribution is 9.11. The average molecular weight is 325 g/mol. The van der Waals surface area contributed by atoms with Crippen molar-refractivity contribution in [1.29, 1.82) is 0 Å². The van der Waals surface area contributed by atoms with Crippen LogP contribution in [0.15, 0.2) is 40.2 Å². The van der Waals surface area contributed by atoms with E-state index in [1.54, 1.807) is 11.3 Å². The summed E-state index contributed by atoms with van der Waals surface area (Å²) in [5.41, 5.74) is 7.87. The highest BCUT2D eigenvalue weighted by Gasteiger charge is 2.08. The van der Waals surface area contributed by atoms with E-state index in [2.05, 4.69) is 46.0 Å². The van der Waals surface area contributed by atoms with E-state index in [1.165, 1.54) is 14.4 Å². The van der Waals surface area contributed by atoms with E-state index < -0.39 is 0 Å². The van der Waals surface area contributed by atoms with Crippen LogP contribution < -0.4 is 10.6 Å². The van der Waals surface area contributed by atoms with Crippen LogP contribution in [0.4, 0.5) is 11.4 Å². The first kappa shape index (κ1) is 13.4. The van der Waals surface area contributed by atoms with Crippen LogP contribution in [0.2, 0.25) is 0 Å². The number of anilines is 2. The Kier molecular flexibility index (Phi) is 4.66. The van der Waals surface area contributed by atoms with E-state index in [-0.39, 0.29) is 0 Å². The van der Waals surface area contributed by atoms with Gasteiger partial charge in [-0.2, -0.15) is 0 Å². The lowest BCUT2D eigenvalue weighted by Crippen LogP contribution is -2.22. The third kappa shape index (κ3) is 3.50. The van der Waals surface area contributed by atoms with Gasteiger partial charge in [0.05, 0.1) is 10.3 Å². The van der Waals surface area contributed by atoms with Gasteiger partial charge in [0.25, 0.3) is 0 Å². The van der Waals surface area contributed by atoms with Gasteiger partial charge in [0, 0.05) is 22.8 Å². The van der Waals surface area contributed by atoms with Crippen LogP contribution in [0.5, 0.6) is 0 Å². The van der Waals surface area contributed by atoms with Crippen molar-refractivity contribution in [2.45, 2.75) is 19.9 Å². The van der Waals surface area contributed by atoms with Gasteiger partial charge in [-0.15, -0.1) is 11.3 Å². The van der Waals surface area contributed by atoms with Gasteiger partial charge >= 0.3 is 0 Å². The van der Waals surface area contributed by atoms with Gasteiger partial charge in [0.1, 0.15) is 0 Å². The van der Waals surface area contributed by atoms with E-state index in [0.29, 0.717) is 0 Å². The Morgan fingerprint density at radius 3 is 2.72 bits per heavy atom. The molecular formula is C14H17BrN2S. The molecule has 0 saturated carbocycles. The number of nitrogens with two attached hydrogens (primary N) is 1. The standard InChI is InChI=1S/C14H17BrN2S/c1-2-8-17(10-13-6-7-14(15)18-13)12-5-3-4-11(16)9-12/h3-7,9H,2,8,10,16H2,1H3. The molecule has 2 N–H and O–H groups in total. The largest absolute Gasteiger partial charge is 0.399 e. The van der Waals surface area contributed by atoms with Crippen molar-refractivity contribution in [2.24, 2.45) is 0 Å². The van der Waals surface area contributed by atoms with Gasteiger partial charge in [-0.3, -0.25) is 0 Å². The molecule has 0 aliphatic rings. The Morgan fingerprint density at radius 1 is 1.28 bits per heavy atom. The Labute approximate surface area is 121 Å². The predicted molar refractivity (Wildman–Crippen MR) is 84.2 cm³/mol. The second-order valence-electron chi connectivity index (χ2n) is 4.22. The quantitative estimate of drug-likeness (QED) is 0.820. The lowest BCUT2D eigenvalue weighted by atomic mass is 10.2. The SMILES string of the molecule is CCCN(Cc1ccc(Br)s1)c1cccc(N)c1. The van der Waals surface area contributed by atoms with Crippen molar-refractivity contribution in [3.8, 4) is 0 Å². The molecule has 1 aromatic carbocycles. The highest BCUT2D eigenvalue weighted by Crippen LogP contribution is 2.26. The maximum absolute atomic E-state index is 5.86. The third-order valence-electron chi connectivity index (χ3n) is 2.70. The van der Waals surface area contributed by atoms with Crippen LogP contribution in [-0.4, -0.2) is 6.54 Å². The second kappa shape index (κ2) is 6.25. The van der Waals surface area contributed by atoms with Gasteiger partial charge in [0.2, 0.25) is 0 Å². The molecule has 2 rings (SSSR count). The third-order valence-corrected chi connectivity index (χ3v) is 4.31. The van der Waals surface area contributed by atoms with Crippen LogP contribution in [0.25, 0.3) is 0 Å². The van der Waals surface area contributed by atoms with Crippen molar-refractivity contribution < 1.29 is 0 Å². The monoisotopic (exact) mass is 324 g/mol. The molecule has 0 fully saturated rings. The molecule has 2 aromatic rings. The number of benzene rings is 1. The molecule has 1 heterocycles. The van der Waals surface area contributed by atoms with Crippen molar-refractivity contribution in [1.82, 2.24) is 0 Å². The molecule has 0 atom stereocenters. The number of rotatable bonds is 5. The summed E-state index contributed by atoms with van der Waals surface area (Å²) >= 11 is 5.29. The number of nitrogen functional groups attached to an aromatic ring is 1. The Hall–Kier alpha value is -1.00. The van der Waals surface area contributed by atoms with Crippen molar-refractivity contribution in [3.05, 3.63) is 45.1 Å². The second-order valence-corrected chi connectivity index (χ2v) is 6.77. The van der Waals surface area contributed by atoms with Crippen LogP contribution in [0, 0.1) is 0 Å². The summed E-state index contributed by atoms with van der Waals surface area (Å²) in [5.74, 6) is 0. The van der Waals surface area contributed by atoms with E-state index in [1.807, 2.05) is 18.2 Å². The molecule has 2 nitrogen and oxygen atoms in total. The Morgan fingerprint density at radius 2 is 2.11 bits per heavy atom. The number of hydrogen-bond donors (Lipinski definition) is 1. The summed E-state index contributed by atoms with van der Waals surface area (Å²) < 4.78 is 1.18. The van der Waals surface area contributed by atoms with Gasteiger partial charge in [-0.1, -0.05) is 13.0 Å². The summed E-state index contributed by atoms with van der Waals surface area (Å²) in [6.07, 6.45) is 1.13.